The minimum atomic E-state index is -0.198. The van der Waals surface area contributed by atoms with Crippen LogP contribution in [0, 0.1) is 13.8 Å². The Balaban J connectivity index is 2.19. The second-order valence-corrected chi connectivity index (χ2v) is 6.20. The highest BCUT2D eigenvalue weighted by Crippen LogP contribution is 2.28. The lowest BCUT2D eigenvalue weighted by Crippen LogP contribution is -2.07. The summed E-state index contributed by atoms with van der Waals surface area (Å²) in [5.41, 5.74) is 3.77. The van der Waals surface area contributed by atoms with Crippen molar-refractivity contribution in [1.29, 1.82) is 0 Å². The van der Waals surface area contributed by atoms with Crippen LogP contribution in [0.15, 0.2) is 22.7 Å². The van der Waals surface area contributed by atoms with Crippen LogP contribution in [0.25, 0.3) is 11.0 Å². The summed E-state index contributed by atoms with van der Waals surface area (Å²) in [6.45, 7) is 6.37. The zero-order valence-corrected chi connectivity index (χ0v) is 13.5. The number of rotatable bonds is 3. The van der Waals surface area contributed by atoms with Crippen LogP contribution in [0.2, 0.25) is 5.02 Å². The average Bonchev–Trinajstić information content (AvgIpc) is 2.94. The first-order chi connectivity index (χ1) is 9.97. The molecule has 0 aliphatic heterocycles. The zero-order valence-electron chi connectivity index (χ0n) is 12.0. The topological polar surface area (TPSA) is 43.9 Å². The molecule has 0 radical (unpaired) electrons. The minimum Gasteiger partial charge on any atom is -0.361 e. The highest BCUT2D eigenvalue weighted by Gasteiger charge is 2.18. The summed E-state index contributed by atoms with van der Waals surface area (Å²) in [7, 11) is 0. The van der Waals surface area contributed by atoms with Crippen LogP contribution in [-0.2, 0) is 6.54 Å². The molecule has 3 rings (SSSR count). The summed E-state index contributed by atoms with van der Waals surface area (Å²) in [6.07, 6.45) is 0. The van der Waals surface area contributed by atoms with E-state index in [0.717, 1.165) is 33.9 Å². The molecule has 0 amide bonds. The highest BCUT2D eigenvalue weighted by atomic mass is 35.5. The lowest BCUT2D eigenvalue weighted by atomic mass is 10.2. The first-order valence-corrected chi connectivity index (χ1v) is 7.50. The fraction of sp³-hybridized carbons (Fsp3) is 0.333. The van der Waals surface area contributed by atoms with E-state index in [9.17, 15) is 0 Å². The second kappa shape index (κ2) is 5.35. The van der Waals surface area contributed by atoms with Gasteiger partial charge in [-0.1, -0.05) is 16.8 Å². The van der Waals surface area contributed by atoms with Crippen molar-refractivity contribution >= 4 is 34.2 Å². The van der Waals surface area contributed by atoms with Crippen molar-refractivity contribution in [1.82, 2.24) is 14.7 Å². The summed E-state index contributed by atoms with van der Waals surface area (Å²) in [5, 5.41) is 4.48. The van der Waals surface area contributed by atoms with Crippen LogP contribution in [-0.4, -0.2) is 14.7 Å². The number of halogens is 2. The normalized spacial score (nSPS) is 13.0. The van der Waals surface area contributed by atoms with Crippen molar-refractivity contribution in [3.8, 4) is 0 Å². The number of imidazole rings is 1. The van der Waals surface area contributed by atoms with E-state index in [2.05, 4.69) is 14.7 Å². The van der Waals surface area contributed by atoms with Crippen molar-refractivity contribution in [2.75, 3.05) is 0 Å². The highest BCUT2D eigenvalue weighted by molar-refractivity contribution is 6.31. The standard InChI is InChI=1S/C15H15Cl2N3O/c1-8(16)15-18-13-5-4-11(17)6-14(13)20(15)7-12-9(2)19-21-10(12)3/h4-6,8H,7H2,1-3H3. The Morgan fingerprint density at radius 2 is 2.10 bits per heavy atom. The SMILES string of the molecule is Cc1noc(C)c1Cn1c(C(C)Cl)nc2ccc(Cl)cc21. The molecule has 1 aromatic carbocycles. The molecule has 1 atom stereocenters. The van der Waals surface area contributed by atoms with E-state index < -0.39 is 0 Å². The molecule has 0 bridgehead atoms. The van der Waals surface area contributed by atoms with E-state index in [-0.39, 0.29) is 5.38 Å². The number of aromatic nitrogens is 3. The van der Waals surface area contributed by atoms with E-state index in [1.807, 2.05) is 39.0 Å². The van der Waals surface area contributed by atoms with E-state index in [0.29, 0.717) is 11.6 Å². The predicted octanol–water partition coefficient (Wildman–Crippen LogP) is 4.64. The van der Waals surface area contributed by atoms with Gasteiger partial charge >= 0.3 is 0 Å². The first-order valence-electron chi connectivity index (χ1n) is 6.69. The molecule has 0 N–H and O–H groups in total. The molecule has 0 saturated carbocycles. The monoisotopic (exact) mass is 323 g/mol. The molecule has 0 fully saturated rings. The molecule has 2 aromatic heterocycles. The van der Waals surface area contributed by atoms with Crippen molar-refractivity contribution in [2.45, 2.75) is 32.7 Å². The lowest BCUT2D eigenvalue weighted by Gasteiger charge is -2.10. The second-order valence-electron chi connectivity index (χ2n) is 5.11. The third-order valence-corrected chi connectivity index (χ3v) is 4.02. The minimum absolute atomic E-state index is 0.198. The van der Waals surface area contributed by atoms with Gasteiger partial charge in [-0.15, -0.1) is 11.6 Å². The van der Waals surface area contributed by atoms with Gasteiger partial charge in [-0.2, -0.15) is 0 Å². The van der Waals surface area contributed by atoms with Crippen LogP contribution < -0.4 is 0 Å². The molecule has 6 heteroatoms. The Bertz CT molecular complexity index is 785. The van der Waals surface area contributed by atoms with Gasteiger partial charge in [0.25, 0.3) is 0 Å². The summed E-state index contributed by atoms with van der Waals surface area (Å²) >= 11 is 12.4. The molecule has 110 valence electrons. The van der Waals surface area contributed by atoms with Crippen molar-refractivity contribution < 1.29 is 4.52 Å². The van der Waals surface area contributed by atoms with E-state index in [1.54, 1.807) is 0 Å². The molecule has 0 aliphatic carbocycles. The molecule has 0 spiro atoms. The van der Waals surface area contributed by atoms with Crippen LogP contribution in [0.5, 0.6) is 0 Å². The molecule has 0 aliphatic rings. The maximum absolute atomic E-state index is 6.28. The van der Waals surface area contributed by atoms with Crippen molar-refractivity contribution in [2.24, 2.45) is 0 Å². The van der Waals surface area contributed by atoms with Gasteiger partial charge in [0.1, 0.15) is 11.6 Å². The van der Waals surface area contributed by atoms with Gasteiger partial charge in [0.2, 0.25) is 0 Å². The molecular formula is C15H15Cl2N3O. The van der Waals surface area contributed by atoms with Crippen LogP contribution >= 0.6 is 23.2 Å². The average molecular weight is 324 g/mol. The Hall–Kier alpha value is -1.52. The third-order valence-electron chi connectivity index (χ3n) is 3.59. The van der Waals surface area contributed by atoms with Gasteiger partial charge in [-0.3, -0.25) is 0 Å². The molecule has 3 aromatic rings. The van der Waals surface area contributed by atoms with E-state index in [4.69, 9.17) is 27.7 Å². The molecule has 21 heavy (non-hydrogen) atoms. The third kappa shape index (κ3) is 2.54. The van der Waals surface area contributed by atoms with Gasteiger partial charge in [0.15, 0.2) is 0 Å². The van der Waals surface area contributed by atoms with Gasteiger partial charge in [-0.25, -0.2) is 4.98 Å². The summed E-state index contributed by atoms with van der Waals surface area (Å²) < 4.78 is 7.31. The van der Waals surface area contributed by atoms with Gasteiger partial charge in [0.05, 0.1) is 28.6 Å². The fourth-order valence-corrected chi connectivity index (χ4v) is 2.80. The zero-order chi connectivity index (χ0) is 15.1. The maximum Gasteiger partial charge on any atom is 0.138 e. The number of nitrogens with zero attached hydrogens (tertiary/aromatic N) is 3. The number of fused-ring (bicyclic) bond motifs is 1. The smallest absolute Gasteiger partial charge is 0.138 e. The van der Waals surface area contributed by atoms with Crippen LogP contribution in [0.3, 0.4) is 0 Å². The van der Waals surface area contributed by atoms with E-state index >= 15 is 0 Å². The number of benzene rings is 1. The van der Waals surface area contributed by atoms with Crippen LogP contribution in [0.1, 0.15) is 35.1 Å². The molecular weight excluding hydrogens is 309 g/mol. The number of hydrogen-bond donors (Lipinski definition) is 0. The van der Waals surface area contributed by atoms with Crippen molar-refractivity contribution in [3.05, 3.63) is 46.1 Å². The first kappa shape index (κ1) is 14.4. The van der Waals surface area contributed by atoms with Gasteiger partial charge < -0.3 is 9.09 Å². The maximum atomic E-state index is 6.28. The number of hydrogen-bond acceptors (Lipinski definition) is 3. The summed E-state index contributed by atoms with van der Waals surface area (Å²) in [5.74, 6) is 1.62. The Kier molecular flexibility index (Phi) is 3.68. The Morgan fingerprint density at radius 3 is 2.71 bits per heavy atom. The molecule has 4 nitrogen and oxygen atoms in total. The van der Waals surface area contributed by atoms with Crippen molar-refractivity contribution in [3.63, 3.8) is 0 Å². The Labute approximate surface area is 132 Å². The Morgan fingerprint density at radius 1 is 1.33 bits per heavy atom. The van der Waals surface area contributed by atoms with Gasteiger partial charge in [-0.05, 0) is 39.0 Å². The summed E-state index contributed by atoms with van der Waals surface area (Å²) in [4.78, 5) is 4.61. The largest absolute Gasteiger partial charge is 0.361 e. The fourth-order valence-electron chi connectivity index (χ4n) is 2.47. The molecule has 0 saturated heterocycles. The van der Waals surface area contributed by atoms with Crippen LogP contribution in [0.4, 0.5) is 0 Å². The quantitative estimate of drug-likeness (QED) is 0.659. The lowest BCUT2D eigenvalue weighted by molar-refractivity contribution is 0.392. The number of alkyl halides is 1. The summed E-state index contributed by atoms with van der Waals surface area (Å²) in [6, 6.07) is 5.65. The predicted molar refractivity (Wildman–Crippen MR) is 84.1 cm³/mol. The molecule has 1 unspecified atom stereocenters. The van der Waals surface area contributed by atoms with Gasteiger partial charge in [0, 0.05) is 10.6 Å². The van der Waals surface area contributed by atoms with E-state index in [1.165, 1.54) is 0 Å². The number of aryl methyl sites for hydroxylation is 2. The molecule has 2 heterocycles.